The first kappa shape index (κ1) is 25.9. The van der Waals surface area contributed by atoms with E-state index in [0.717, 1.165) is 16.7 Å². The van der Waals surface area contributed by atoms with E-state index < -0.39 is 29.0 Å². The smallest absolute Gasteiger partial charge is 0.252 e. The zero-order valence-electron chi connectivity index (χ0n) is 19.3. The highest BCUT2D eigenvalue weighted by Gasteiger charge is 2.30. The van der Waals surface area contributed by atoms with Crippen molar-refractivity contribution in [2.45, 2.75) is 30.6 Å². The number of hydrogen-bond donors (Lipinski definition) is 4. The number of amides is 3. The summed E-state index contributed by atoms with van der Waals surface area (Å²) in [7, 11) is 0. The number of carbonyl (C=O) groups is 3. The van der Waals surface area contributed by atoms with E-state index in [1.54, 1.807) is 24.8 Å². The monoisotopic (exact) mass is 491 g/mol. The number of rotatable bonds is 12. The Hall–Kier alpha value is -3.72. The van der Waals surface area contributed by atoms with Gasteiger partial charge in [0, 0.05) is 37.9 Å². The van der Waals surface area contributed by atoms with Gasteiger partial charge in [-0.3, -0.25) is 24.4 Å². The molecule has 1 unspecified atom stereocenters. The number of pyridine rings is 2. The Morgan fingerprint density at radius 2 is 1.17 bits per heavy atom. The van der Waals surface area contributed by atoms with E-state index in [4.69, 9.17) is 0 Å². The summed E-state index contributed by atoms with van der Waals surface area (Å²) in [5.74, 6) is -1.64. The lowest BCUT2D eigenvalue weighted by atomic mass is 10.1. The Morgan fingerprint density at radius 3 is 1.66 bits per heavy atom. The molecule has 0 spiro atoms. The second-order valence-corrected chi connectivity index (χ2v) is 8.56. The number of nitrogens with zero attached hydrogens (tertiary/aromatic N) is 2. The van der Waals surface area contributed by atoms with Gasteiger partial charge in [-0.25, -0.2) is 0 Å². The van der Waals surface area contributed by atoms with Crippen molar-refractivity contribution < 1.29 is 14.4 Å². The SMILES string of the molecule is O=C(NC(C(=O)NCCc1ccncc1)C(=O)NCCc1ccncc1)C(S)Cc1ccccc1. The third-order valence-electron chi connectivity index (χ3n) is 5.31. The fraction of sp³-hybridized carbons (Fsp3) is 0.269. The normalized spacial score (nSPS) is 11.5. The maximum absolute atomic E-state index is 12.9. The van der Waals surface area contributed by atoms with Gasteiger partial charge in [-0.05, 0) is 60.2 Å². The van der Waals surface area contributed by atoms with Crippen molar-refractivity contribution in [1.82, 2.24) is 25.9 Å². The molecule has 1 aromatic carbocycles. The minimum atomic E-state index is -1.37. The lowest BCUT2D eigenvalue weighted by Crippen LogP contribution is -2.57. The van der Waals surface area contributed by atoms with Gasteiger partial charge in [0.1, 0.15) is 0 Å². The Bertz CT molecular complexity index is 1030. The van der Waals surface area contributed by atoms with Crippen molar-refractivity contribution >= 4 is 30.4 Å². The maximum atomic E-state index is 12.9. The van der Waals surface area contributed by atoms with Crippen molar-refractivity contribution in [1.29, 1.82) is 0 Å². The van der Waals surface area contributed by atoms with Gasteiger partial charge in [0.25, 0.3) is 11.8 Å². The summed E-state index contributed by atoms with van der Waals surface area (Å²) in [5.41, 5.74) is 2.93. The molecule has 9 heteroatoms. The number of hydrogen-bond acceptors (Lipinski definition) is 6. The van der Waals surface area contributed by atoms with Crippen LogP contribution < -0.4 is 16.0 Å². The average Bonchev–Trinajstić information content (AvgIpc) is 2.88. The van der Waals surface area contributed by atoms with Crippen LogP contribution in [0.2, 0.25) is 0 Å². The molecule has 1 atom stereocenters. The molecule has 0 bridgehead atoms. The van der Waals surface area contributed by atoms with Gasteiger partial charge >= 0.3 is 0 Å². The lowest BCUT2D eigenvalue weighted by molar-refractivity contribution is -0.136. The molecule has 0 fully saturated rings. The minimum absolute atomic E-state index is 0.313. The Morgan fingerprint density at radius 1 is 0.686 bits per heavy atom. The number of thiol groups is 1. The van der Waals surface area contributed by atoms with Gasteiger partial charge in [0.05, 0.1) is 5.25 Å². The average molecular weight is 492 g/mol. The van der Waals surface area contributed by atoms with Gasteiger partial charge in [0.2, 0.25) is 5.91 Å². The minimum Gasteiger partial charge on any atom is -0.354 e. The number of aromatic nitrogens is 2. The van der Waals surface area contributed by atoms with E-state index in [1.807, 2.05) is 54.6 Å². The van der Waals surface area contributed by atoms with Crippen LogP contribution in [0, 0.1) is 0 Å². The first-order valence-corrected chi connectivity index (χ1v) is 11.9. The molecule has 0 aliphatic rings. The molecule has 3 N–H and O–H groups in total. The van der Waals surface area contributed by atoms with E-state index >= 15 is 0 Å². The van der Waals surface area contributed by atoms with Gasteiger partial charge in [0.15, 0.2) is 6.04 Å². The van der Waals surface area contributed by atoms with Crippen LogP contribution in [0.25, 0.3) is 0 Å². The number of benzene rings is 1. The topological polar surface area (TPSA) is 113 Å². The maximum Gasteiger partial charge on any atom is 0.252 e. The van der Waals surface area contributed by atoms with Gasteiger partial charge in [-0.2, -0.15) is 12.6 Å². The zero-order chi connectivity index (χ0) is 24.9. The largest absolute Gasteiger partial charge is 0.354 e. The van der Waals surface area contributed by atoms with Crippen molar-refractivity contribution in [3.05, 3.63) is 96.1 Å². The molecule has 8 nitrogen and oxygen atoms in total. The van der Waals surface area contributed by atoms with E-state index in [1.165, 1.54) is 0 Å². The summed E-state index contributed by atoms with van der Waals surface area (Å²) in [6.07, 6.45) is 8.22. The standard InChI is InChI=1S/C26H29N5O3S/c32-24(22(35)18-21-4-2-1-3-5-21)31-23(25(33)29-16-10-19-6-12-27-13-7-19)26(34)30-17-11-20-8-14-28-15-9-20/h1-9,12-15,22-23,35H,10-11,16-18H2,(H,29,33)(H,30,34)(H,31,32). The predicted molar refractivity (Wildman–Crippen MR) is 137 cm³/mol. The molecule has 2 aromatic heterocycles. The number of carbonyl (C=O) groups excluding carboxylic acids is 3. The van der Waals surface area contributed by atoms with Crippen LogP contribution in [0.1, 0.15) is 16.7 Å². The third-order valence-corrected chi connectivity index (χ3v) is 5.73. The molecule has 3 rings (SSSR count). The van der Waals surface area contributed by atoms with Crippen molar-refractivity contribution in [3.63, 3.8) is 0 Å². The Balaban J connectivity index is 1.59. The van der Waals surface area contributed by atoms with E-state index in [0.29, 0.717) is 32.4 Å². The molecular formula is C26H29N5O3S. The summed E-state index contributed by atoms with van der Waals surface area (Å²) in [6.45, 7) is 0.627. The van der Waals surface area contributed by atoms with Crippen LogP contribution in [-0.2, 0) is 33.6 Å². The first-order chi connectivity index (χ1) is 17.0. The summed E-state index contributed by atoms with van der Waals surface area (Å²) in [6, 6.07) is 15.5. The molecule has 0 saturated carbocycles. The molecule has 0 radical (unpaired) electrons. The Labute approximate surface area is 210 Å². The second kappa shape index (κ2) is 13.9. The van der Waals surface area contributed by atoms with Gasteiger partial charge < -0.3 is 16.0 Å². The van der Waals surface area contributed by atoms with Crippen molar-refractivity contribution in [2.75, 3.05) is 13.1 Å². The fourth-order valence-electron chi connectivity index (χ4n) is 3.38. The molecule has 35 heavy (non-hydrogen) atoms. The summed E-state index contributed by atoms with van der Waals surface area (Å²) >= 11 is 4.40. The van der Waals surface area contributed by atoms with E-state index in [-0.39, 0.29) is 0 Å². The van der Waals surface area contributed by atoms with Crippen LogP contribution in [0.5, 0.6) is 0 Å². The summed E-state index contributed by atoms with van der Waals surface area (Å²) in [4.78, 5) is 46.5. The quantitative estimate of drug-likeness (QED) is 0.227. The van der Waals surface area contributed by atoms with Crippen molar-refractivity contribution in [3.8, 4) is 0 Å². The highest BCUT2D eigenvalue weighted by molar-refractivity contribution is 7.81. The summed E-state index contributed by atoms with van der Waals surface area (Å²) < 4.78 is 0. The first-order valence-electron chi connectivity index (χ1n) is 11.4. The fourth-order valence-corrected chi connectivity index (χ4v) is 3.67. The zero-order valence-corrected chi connectivity index (χ0v) is 20.2. The lowest BCUT2D eigenvalue weighted by Gasteiger charge is -2.20. The van der Waals surface area contributed by atoms with Gasteiger partial charge in [-0.15, -0.1) is 0 Å². The molecule has 3 amide bonds. The van der Waals surface area contributed by atoms with Crippen LogP contribution in [-0.4, -0.2) is 52.1 Å². The molecule has 0 saturated heterocycles. The molecular weight excluding hydrogens is 462 g/mol. The summed E-state index contributed by atoms with van der Waals surface area (Å²) in [5, 5.41) is 7.35. The van der Waals surface area contributed by atoms with Crippen LogP contribution in [0.4, 0.5) is 0 Å². The molecule has 0 aliphatic carbocycles. The van der Waals surface area contributed by atoms with Crippen LogP contribution >= 0.6 is 12.6 Å². The molecule has 0 aliphatic heterocycles. The van der Waals surface area contributed by atoms with Crippen LogP contribution in [0.3, 0.4) is 0 Å². The van der Waals surface area contributed by atoms with E-state index in [2.05, 4.69) is 38.5 Å². The van der Waals surface area contributed by atoms with Crippen LogP contribution in [0.15, 0.2) is 79.4 Å². The van der Waals surface area contributed by atoms with Crippen molar-refractivity contribution in [2.24, 2.45) is 0 Å². The number of nitrogens with one attached hydrogen (secondary N) is 3. The third kappa shape index (κ3) is 8.86. The molecule has 2 heterocycles. The molecule has 182 valence electrons. The molecule has 3 aromatic rings. The highest BCUT2D eigenvalue weighted by Crippen LogP contribution is 2.08. The van der Waals surface area contributed by atoms with E-state index in [9.17, 15) is 14.4 Å². The highest BCUT2D eigenvalue weighted by atomic mass is 32.1. The van der Waals surface area contributed by atoms with Gasteiger partial charge in [-0.1, -0.05) is 30.3 Å². The predicted octanol–water partition coefficient (Wildman–Crippen LogP) is 1.52. The Kier molecular flexibility index (Phi) is 10.3. The second-order valence-electron chi connectivity index (χ2n) is 7.94.